The number of sulfonamides is 1. The summed E-state index contributed by atoms with van der Waals surface area (Å²) in [6, 6.07) is 9.10. The van der Waals surface area contributed by atoms with Crippen LogP contribution in [-0.4, -0.2) is 55.9 Å². The second-order valence-electron chi connectivity index (χ2n) is 8.75. The molecule has 1 fully saturated rings. The van der Waals surface area contributed by atoms with E-state index in [1.54, 1.807) is 24.3 Å². The number of nitrogens with one attached hydrogen (secondary N) is 3. The van der Waals surface area contributed by atoms with Crippen LogP contribution >= 0.6 is 11.6 Å². The van der Waals surface area contributed by atoms with Gasteiger partial charge in [0.25, 0.3) is 11.5 Å². The first-order valence-electron chi connectivity index (χ1n) is 11.6. The van der Waals surface area contributed by atoms with Crippen LogP contribution in [0.4, 0.5) is 4.39 Å². The fraction of sp³-hybridized carbons (Fsp3) is 0.375. The number of hydrogen-bond acceptors (Lipinski definition) is 7. The smallest absolute Gasteiger partial charge is 0.287 e. The van der Waals surface area contributed by atoms with Crippen molar-refractivity contribution in [1.29, 1.82) is 0 Å². The Kier molecular flexibility index (Phi) is 8.42. The minimum absolute atomic E-state index is 0.0617. The van der Waals surface area contributed by atoms with Gasteiger partial charge in [-0.3, -0.25) is 9.59 Å². The van der Waals surface area contributed by atoms with Crippen LogP contribution in [0.25, 0.3) is 10.9 Å². The molecule has 1 saturated heterocycles. The Balaban J connectivity index is 1.40. The van der Waals surface area contributed by atoms with E-state index in [1.807, 2.05) is 0 Å². The summed E-state index contributed by atoms with van der Waals surface area (Å²) in [5.74, 6) is -1.82. The van der Waals surface area contributed by atoms with E-state index in [0.717, 1.165) is 17.9 Å². The van der Waals surface area contributed by atoms with E-state index < -0.39 is 27.3 Å². The summed E-state index contributed by atoms with van der Waals surface area (Å²) in [7, 11) is -3.31. The second-order valence-corrected chi connectivity index (χ2v) is 11.0. The topological polar surface area (TPSA) is 139 Å². The maximum Gasteiger partial charge on any atom is 0.287 e. The Morgan fingerprint density at radius 3 is 2.81 bits per heavy atom. The van der Waals surface area contributed by atoms with E-state index in [9.17, 15) is 22.4 Å². The highest BCUT2D eigenvalue weighted by molar-refractivity contribution is 7.88. The third-order valence-electron chi connectivity index (χ3n) is 5.77. The number of fused-ring (bicyclic) bond motifs is 1. The van der Waals surface area contributed by atoms with Crippen LogP contribution < -0.4 is 20.3 Å². The second kappa shape index (κ2) is 11.5. The van der Waals surface area contributed by atoms with E-state index in [4.69, 9.17) is 21.1 Å². The van der Waals surface area contributed by atoms with Crippen LogP contribution in [-0.2, 0) is 21.3 Å². The number of aromatic nitrogens is 2. The molecule has 3 N–H and O–H groups in total. The average molecular weight is 553 g/mol. The van der Waals surface area contributed by atoms with Gasteiger partial charge in [0, 0.05) is 24.0 Å². The molecule has 1 aliphatic heterocycles. The highest BCUT2D eigenvalue weighted by Gasteiger charge is 2.24. The quantitative estimate of drug-likeness (QED) is 0.370. The van der Waals surface area contributed by atoms with Gasteiger partial charge in [0.15, 0.2) is 17.4 Å². The number of halogens is 2. The fourth-order valence-electron chi connectivity index (χ4n) is 4.06. The minimum atomic E-state index is -3.31. The molecule has 2 heterocycles. The van der Waals surface area contributed by atoms with E-state index in [2.05, 4.69) is 20.0 Å². The van der Waals surface area contributed by atoms with Crippen molar-refractivity contribution in [1.82, 2.24) is 20.0 Å². The number of nitrogens with zero attached hydrogens (tertiary/aromatic N) is 1. The molecule has 1 amide bonds. The molecule has 198 valence electrons. The van der Waals surface area contributed by atoms with Gasteiger partial charge in [-0.15, -0.1) is 0 Å². The molecular weight excluding hydrogens is 527 g/mol. The molecule has 1 aliphatic rings. The largest absolute Gasteiger partial charge is 0.489 e. The normalized spacial score (nSPS) is 18.0. The van der Waals surface area contributed by atoms with Crippen molar-refractivity contribution in [2.24, 2.45) is 0 Å². The van der Waals surface area contributed by atoms with Crippen molar-refractivity contribution < 1.29 is 27.1 Å². The van der Waals surface area contributed by atoms with E-state index in [0.29, 0.717) is 24.3 Å². The molecule has 2 unspecified atom stereocenters. The molecule has 2 atom stereocenters. The molecule has 0 saturated carbocycles. The number of carbonyl (C=O) groups excluding carboxylic acids is 1. The van der Waals surface area contributed by atoms with Crippen molar-refractivity contribution in [3.8, 4) is 5.75 Å². The number of ether oxygens (including phenoxy) is 2. The van der Waals surface area contributed by atoms with Crippen LogP contribution in [0.1, 0.15) is 35.4 Å². The lowest BCUT2D eigenvalue weighted by Crippen LogP contribution is -2.42. The Morgan fingerprint density at radius 1 is 1.30 bits per heavy atom. The molecular formula is C24H26ClFN4O6S. The zero-order valence-corrected chi connectivity index (χ0v) is 21.5. The summed E-state index contributed by atoms with van der Waals surface area (Å²) in [5, 5.41) is 3.09. The summed E-state index contributed by atoms with van der Waals surface area (Å²) < 4.78 is 51.1. The zero-order valence-electron chi connectivity index (χ0n) is 19.9. The Hall–Kier alpha value is -3.06. The van der Waals surface area contributed by atoms with Crippen LogP contribution in [0.15, 0.2) is 41.2 Å². The Labute approximate surface area is 217 Å². The molecule has 13 heteroatoms. The van der Waals surface area contributed by atoms with Crippen LogP contribution in [0.5, 0.6) is 5.75 Å². The third-order valence-corrected chi connectivity index (χ3v) is 6.77. The average Bonchev–Trinajstić information content (AvgIpc) is 2.84. The van der Waals surface area contributed by atoms with Gasteiger partial charge in [-0.25, -0.2) is 22.5 Å². The standard InChI is InChI=1S/C24H26ClFN4O6S/c1-37(33,34)30-16-5-6-17(36-13-16)9-10-35-21-18(26)7-8-19-20(21)23(31)29-22(28-19)24(32)27-12-14-3-2-4-15(25)11-14/h2-4,7-8,11,16-17,30H,5-6,9-10,12-13H2,1H3,(H,27,32)(H,28,29,31). The van der Waals surface area contributed by atoms with E-state index >= 15 is 0 Å². The van der Waals surface area contributed by atoms with Gasteiger partial charge in [-0.2, -0.15) is 0 Å². The van der Waals surface area contributed by atoms with Crippen molar-refractivity contribution in [2.75, 3.05) is 19.5 Å². The van der Waals surface area contributed by atoms with Gasteiger partial charge >= 0.3 is 0 Å². The maximum atomic E-state index is 14.6. The monoisotopic (exact) mass is 552 g/mol. The van der Waals surface area contributed by atoms with Crippen molar-refractivity contribution >= 4 is 38.4 Å². The molecule has 0 aliphatic carbocycles. The van der Waals surface area contributed by atoms with Crippen molar-refractivity contribution in [2.45, 2.75) is 38.0 Å². The van der Waals surface area contributed by atoms with E-state index in [-0.39, 0.29) is 54.4 Å². The highest BCUT2D eigenvalue weighted by Crippen LogP contribution is 2.26. The first-order valence-corrected chi connectivity index (χ1v) is 13.8. The first kappa shape index (κ1) is 27.0. The Bertz CT molecular complexity index is 1460. The molecule has 3 aromatic rings. The predicted molar refractivity (Wildman–Crippen MR) is 136 cm³/mol. The summed E-state index contributed by atoms with van der Waals surface area (Å²) >= 11 is 5.95. The minimum Gasteiger partial charge on any atom is -0.489 e. The van der Waals surface area contributed by atoms with Gasteiger partial charge in [0.05, 0.1) is 31.1 Å². The number of H-pyrrole nitrogens is 1. The van der Waals surface area contributed by atoms with Crippen LogP contribution in [0.2, 0.25) is 5.02 Å². The molecule has 4 rings (SSSR count). The predicted octanol–water partition coefficient (Wildman–Crippen LogP) is 2.51. The van der Waals surface area contributed by atoms with Crippen molar-refractivity contribution in [3.63, 3.8) is 0 Å². The van der Waals surface area contributed by atoms with Crippen molar-refractivity contribution in [3.05, 3.63) is 69.0 Å². The lowest BCUT2D eigenvalue weighted by molar-refractivity contribution is -0.00878. The van der Waals surface area contributed by atoms with Gasteiger partial charge in [0.2, 0.25) is 10.0 Å². The van der Waals surface area contributed by atoms with Gasteiger partial charge < -0.3 is 19.8 Å². The van der Waals surface area contributed by atoms with Crippen LogP contribution in [0, 0.1) is 5.82 Å². The number of benzene rings is 2. The Morgan fingerprint density at radius 2 is 2.11 bits per heavy atom. The summed E-state index contributed by atoms with van der Waals surface area (Å²) in [6.07, 6.45) is 2.52. The molecule has 1 aromatic heterocycles. The van der Waals surface area contributed by atoms with Gasteiger partial charge in [0.1, 0.15) is 5.39 Å². The van der Waals surface area contributed by atoms with Gasteiger partial charge in [-0.1, -0.05) is 23.7 Å². The summed E-state index contributed by atoms with van der Waals surface area (Å²) in [6.45, 7) is 0.464. The summed E-state index contributed by atoms with van der Waals surface area (Å²) in [4.78, 5) is 31.9. The number of carbonyl (C=O) groups is 1. The van der Waals surface area contributed by atoms with E-state index in [1.165, 1.54) is 6.07 Å². The first-order chi connectivity index (χ1) is 17.6. The third kappa shape index (κ3) is 7.25. The SMILES string of the molecule is CS(=O)(=O)NC1CCC(CCOc2c(F)ccc3nc(C(=O)NCc4cccc(Cl)c4)[nH]c(=O)c23)OC1. The zero-order chi connectivity index (χ0) is 26.6. The fourth-order valence-corrected chi connectivity index (χ4v) is 5.07. The lowest BCUT2D eigenvalue weighted by Gasteiger charge is -2.29. The summed E-state index contributed by atoms with van der Waals surface area (Å²) in [5.41, 5.74) is 0.165. The molecule has 10 nitrogen and oxygen atoms in total. The molecule has 2 aromatic carbocycles. The lowest BCUT2D eigenvalue weighted by atomic mass is 10.0. The molecule has 0 spiro atoms. The number of hydrogen-bond donors (Lipinski definition) is 3. The van der Waals surface area contributed by atoms with Crippen LogP contribution in [0.3, 0.4) is 0 Å². The van der Waals surface area contributed by atoms with Gasteiger partial charge in [-0.05, 0) is 42.7 Å². The molecule has 0 bridgehead atoms. The maximum absolute atomic E-state index is 14.6. The number of aromatic amines is 1. The number of rotatable bonds is 9. The molecule has 0 radical (unpaired) electrons. The molecule has 37 heavy (non-hydrogen) atoms. The highest BCUT2D eigenvalue weighted by atomic mass is 35.5. The number of amides is 1.